The van der Waals surface area contributed by atoms with Crippen molar-refractivity contribution >= 4 is 49.6 Å². The molecule has 0 saturated carbocycles. The zero-order valence-electron chi connectivity index (χ0n) is 35.7. The molecule has 1 aromatic heterocycles. The monoisotopic (exact) mass is 814 g/mol. The molecule has 1 spiro atoms. The molecule has 2 nitrogen and oxygen atoms in total. The van der Waals surface area contributed by atoms with Gasteiger partial charge in [0.15, 0.2) is 0 Å². The number of nitrogens with zero attached hydrogens (tertiary/aromatic N) is 2. The topological polar surface area (TPSA) is 8.17 Å². The Morgan fingerprint density at radius 2 is 0.781 bits per heavy atom. The van der Waals surface area contributed by atoms with Crippen LogP contribution in [0, 0.1) is 0 Å². The molecule has 14 rings (SSSR count). The number of para-hydroxylation sites is 2. The van der Waals surface area contributed by atoms with E-state index >= 15 is 0 Å². The fraction of sp³-hybridized carbons (Fsp3) is 0.0645. The minimum atomic E-state index is -0.435. The van der Waals surface area contributed by atoms with Gasteiger partial charge >= 0.3 is 0 Å². The van der Waals surface area contributed by atoms with Crippen LogP contribution in [-0.4, -0.2) is 4.57 Å². The molecule has 0 radical (unpaired) electrons. The maximum Gasteiger partial charge on any atom is 0.0726 e. The van der Waals surface area contributed by atoms with Crippen LogP contribution in [0.1, 0.15) is 47.2 Å². The summed E-state index contributed by atoms with van der Waals surface area (Å²) in [7, 11) is 0. The van der Waals surface area contributed by atoms with Gasteiger partial charge < -0.3 is 9.47 Å². The first kappa shape index (κ1) is 35.6. The highest BCUT2D eigenvalue weighted by atomic mass is 15.1. The summed E-state index contributed by atoms with van der Waals surface area (Å²) in [6.45, 7) is 4.81. The second-order valence-electron chi connectivity index (χ2n) is 18.4. The lowest BCUT2D eigenvalue weighted by molar-refractivity contribution is 0.660. The molecule has 64 heavy (non-hydrogen) atoms. The van der Waals surface area contributed by atoms with Gasteiger partial charge in [-0.2, -0.15) is 0 Å². The molecule has 10 aromatic carbocycles. The average Bonchev–Trinajstić information content (AvgIpc) is 4.02. The van der Waals surface area contributed by atoms with E-state index in [1.165, 1.54) is 105 Å². The molecule has 3 aliphatic carbocycles. The van der Waals surface area contributed by atoms with Crippen LogP contribution >= 0.6 is 0 Å². The number of hydrogen-bond acceptors (Lipinski definition) is 1. The van der Waals surface area contributed by atoms with Gasteiger partial charge in [-0.25, -0.2) is 0 Å². The molecule has 0 amide bonds. The fourth-order valence-electron chi connectivity index (χ4n) is 12.2. The predicted molar refractivity (Wildman–Crippen MR) is 267 cm³/mol. The van der Waals surface area contributed by atoms with Gasteiger partial charge in [0.2, 0.25) is 0 Å². The summed E-state index contributed by atoms with van der Waals surface area (Å²) in [5, 5.41) is 5.00. The van der Waals surface area contributed by atoms with Crippen molar-refractivity contribution < 1.29 is 0 Å². The van der Waals surface area contributed by atoms with Crippen molar-refractivity contribution in [2.75, 3.05) is 4.90 Å². The van der Waals surface area contributed by atoms with Crippen molar-refractivity contribution in [1.29, 1.82) is 0 Å². The predicted octanol–water partition coefficient (Wildman–Crippen LogP) is 16.1. The standard InChI is InChI=1S/C62H42N2/c1-61(2)55-36-40(30-33-47(55)48-34-32-42(37-56(48)61)64-59-27-13-8-22-50(59)51-23-9-14-28-60(51)64)63(58-29-15-17-39-16-3-4-18-43(39)58)41-31-35-49-46-21-7-12-26-54(46)62(57(49)38-41)52-24-10-5-19-44(52)45-20-6-11-25-53(45)62/h3-38H,1-2H3. The van der Waals surface area contributed by atoms with Crippen LogP contribution in [0.2, 0.25) is 0 Å². The maximum absolute atomic E-state index is 2.52. The Balaban J connectivity index is 0.974. The van der Waals surface area contributed by atoms with Crippen LogP contribution in [0.3, 0.4) is 0 Å². The van der Waals surface area contributed by atoms with Gasteiger partial charge in [-0.1, -0.05) is 178 Å². The normalized spacial score (nSPS) is 14.3. The number of fused-ring (bicyclic) bond motifs is 17. The molecular formula is C62H42N2. The number of aromatic nitrogens is 1. The smallest absolute Gasteiger partial charge is 0.0726 e. The van der Waals surface area contributed by atoms with Crippen molar-refractivity contribution in [1.82, 2.24) is 4.57 Å². The van der Waals surface area contributed by atoms with Gasteiger partial charge in [0, 0.05) is 38.6 Å². The molecule has 0 bridgehead atoms. The Hall–Kier alpha value is -7.94. The highest BCUT2D eigenvalue weighted by Crippen LogP contribution is 2.63. The van der Waals surface area contributed by atoms with E-state index in [1.807, 2.05) is 0 Å². The van der Waals surface area contributed by atoms with E-state index in [4.69, 9.17) is 0 Å². The molecule has 0 N–H and O–H groups in total. The zero-order chi connectivity index (χ0) is 42.3. The summed E-state index contributed by atoms with van der Waals surface area (Å²) in [6.07, 6.45) is 0. The summed E-state index contributed by atoms with van der Waals surface area (Å²) in [4.78, 5) is 2.52. The van der Waals surface area contributed by atoms with Crippen molar-refractivity contribution in [2.45, 2.75) is 24.7 Å². The van der Waals surface area contributed by atoms with Crippen LogP contribution in [-0.2, 0) is 10.8 Å². The minimum Gasteiger partial charge on any atom is -0.310 e. The lowest BCUT2D eigenvalue weighted by atomic mass is 9.70. The first-order chi connectivity index (χ1) is 31.5. The summed E-state index contributed by atoms with van der Waals surface area (Å²) in [5.74, 6) is 0. The summed E-state index contributed by atoms with van der Waals surface area (Å²) in [5.41, 5.74) is 22.4. The SMILES string of the molecule is CC1(C)c2cc(N(c3ccc4c(c3)C3(c5ccccc5-c5ccccc53)c3ccccc3-4)c3cccc4ccccc34)ccc2-c2ccc(-n3c4ccccc4c4ccccc43)cc21. The Labute approximate surface area is 372 Å². The molecule has 2 heteroatoms. The minimum absolute atomic E-state index is 0.249. The lowest BCUT2D eigenvalue weighted by Gasteiger charge is -2.33. The fourth-order valence-corrected chi connectivity index (χ4v) is 12.2. The summed E-state index contributed by atoms with van der Waals surface area (Å²) < 4.78 is 2.44. The number of benzene rings is 10. The van der Waals surface area contributed by atoms with Gasteiger partial charge in [-0.15, -0.1) is 0 Å². The van der Waals surface area contributed by atoms with Gasteiger partial charge in [0.05, 0.1) is 22.1 Å². The largest absolute Gasteiger partial charge is 0.310 e. The lowest BCUT2D eigenvalue weighted by Crippen LogP contribution is -2.26. The summed E-state index contributed by atoms with van der Waals surface area (Å²) >= 11 is 0. The first-order valence-corrected chi connectivity index (χ1v) is 22.5. The molecule has 0 saturated heterocycles. The molecule has 0 aliphatic heterocycles. The van der Waals surface area contributed by atoms with Crippen LogP contribution in [0.25, 0.3) is 71.6 Å². The van der Waals surface area contributed by atoms with E-state index in [0.29, 0.717) is 0 Å². The average molecular weight is 815 g/mol. The third kappa shape index (κ3) is 4.54. The molecule has 300 valence electrons. The Kier molecular flexibility index (Phi) is 7.13. The first-order valence-electron chi connectivity index (χ1n) is 22.5. The molecule has 1 heterocycles. The molecular weight excluding hydrogens is 773 g/mol. The second-order valence-corrected chi connectivity index (χ2v) is 18.4. The Morgan fingerprint density at radius 3 is 1.39 bits per heavy atom. The van der Waals surface area contributed by atoms with E-state index in [0.717, 1.165) is 17.1 Å². The second kappa shape index (κ2) is 12.8. The van der Waals surface area contributed by atoms with Gasteiger partial charge in [-0.05, 0) is 127 Å². The molecule has 0 unspecified atom stereocenters. The van der Waals surface area contributed by atoms with Crippen LogP contribution in [0.15, 0.2) is 218 Å². The van der Waals surface area contributed by atoms with Crippen molar-refractivity contribution in [3.05, 3.63) is 252 Å². The quantitative estimate of drug-likeness (QED) is 0.172. The van der Waals surface area contributed by atoms with Crippen LogP contribution in [0.5, 0.6) is 0 Å². The molecule has 3 aliphatic rings. The number of hydrogen-bond donors (Lipinski definition) is 0. The number of anilines is 3. The van der Waals surface area contributed by atoms with Crippen molar-refractivity contribution in [3.8, 4) is 39.1 Å². The molecule has 0 fully saturated rings. The third-order valence-electron chi connectivity index (χ3n) is 15.0. The van der Waals surface area contributed by atoms with E-state index in [9.17, 15) is 0 Å². The van der Waals surface area contributed by atoms with Gasteiger partial charge in [-0.3, -0.25) is 0 Å². The van der Waals surface area contributed by atoms with Crippen LogP contribution < -0.4 is 4.90 Å². The summed E-state index contributed by atoms with van der Waals surface area (Å²) in [6, 6.07) is 82.0. The van der Waals surface area contributed by atoms with Gasteiger partial charge in [0.1, 0.15) is 0 Å². The third-order valence-corrected chi connectivity index (χ3v) is 15.0. The Bertz CT molecular complexity index is 3670. The zero-order valence-corrected chi connectivity index (χ0v) is 35.7. The Morgan fingerprint density at radius 1 is 0.344 bits per heavy atom. The van der Waals surface area contributed by atoms with E-state index in [-0.39, 0.29) is 5.41 Å². The van der Waals surface area contributed by atoms with Crippen LogP contribution in [0.4, 0.5) is 17.1 Å². The highest BCUT2D eigenvalue weighted by Gasteiger charge is 2.51. The molecule has 0 atom stereocenters. The maximum atomic E-state index is 2.52. The van der Waals surface area contributed by atoms with E-state index < -0.39 is 5.41 Å². The number of rotatable bonds is 4. The van der Waals surface area contributed by atoms with E-state index in [1.54, 1.807) is 0 Å². The van der Waals surface area contributed by atoms with Crippen molar-refractivity contribution in [2.24, 2.45) is 0 Å². The van der Waals surface area contributed by atoms with Crippen molar-refractivity contribution in [3.63, 3.8) is 0 Å². The van der Waals surface area contributed by atoms with Gasteiger partial charge in [0.25, 0.3) is 0 Å². The highest BCUT2D eigenvalue weighted by molar-refractivity contribution is 6.09. The molecule has 11 aromatic rings. The van der Waals surface area contributed by atoms with E-state index in [2.05, 4.69) is 242 Å².